The molecule has 2 fully saturated rings. The summed E-state index contributed by atoms with van der Waals surface area (Å²) in [7, 11) is 2.21. The molecule has 2 aliphatic heterocycles. The van der Waals surface area contributed by atoms with Crippen molar-refractivity contribution in [3.05, 3.63) is 28.3 Å². The van der Waals surface area contributed by atoms with Crippen molar-refractivity contribution >= 4 is 23.9 Å². The van der Waals surface area contributed by atoms with Crippen LogP contribution in [0.2, 0.25) is 0 Å². The maximum absolute atomic E-state index is 12.6. The molecule has 0 aromatic heterocycles. The molecule has 0 spiro atoms. The molecule has 2 unspecified atom stereocenters. The number of urea groups is 1. The van der Waals surface area contributed by atoms with E-state index in [1.807, 2.05) is 0 Å². The zero-order valence-corrected chi connectivity index (χ0v) is 16.3. The third-order valence-electron chi connectivity index (χ3n) is 6.61. The van der Waals surface area contributed by atoms with Crippen molar-refractivity contribution in [1.29, 1.82) is 0 Å². The number of carbonyl (C=O) groups excluding carboxylic acids is 1. The Bertz CT molecular complexity index is 691. The Morgan fingerprint density at radius 1 is 1.00 bits per heavy atom. The maximum atomic E-state index is 12.6. The molecule has 0 radical (unpaired) electrons. The fourth-order valence-corrected chi connectivity index (χ4v) is 6.27. The molecule has 1 aromatic carbocycles. The molecule has 2 aliphatic carbocycles. The van der Waals surface area contributed by atoms with Gasteiger partial charge in [-0.15, -0.1) is 0 Å². The highest BCUT2D eigenvalue weighted by Gasteiger charge is 2.39. The van der Waals surface area contributed by atoms with Crippen molar-refractivity contribution < 1.29 is 4.79 Å². The zero-order valence-electron chi connectivity index (χ0n) is 15.5. The van der Waals surface area contributed by atoms with Gasteiger partial charge in [-0.05, 0) is 79.7 Å². The molecule has 1 aromatic rings. The number of fused-ring (bicyclic) bond motifs is 3. The van der Waals surface area contributed by atoms with E-state index in [4.69, 9.17) is 0 Å². The third kappa shape index (κ3) is 3.02. The third-order valence-corrected chi connectivity index (χ3v) is 7.45. The minimum atomic E-state index is -0.0708. The number of aryl methyl sites for hydroxylation is 2. The van der Waals surface area contributed by atoms with Crippen molar-refractivity contribution in [2.75, 3.05) is 38.5 Å². The molecule has 2 saturated heterocycles. The first kappa shape index (κ1) is 16.9. The molecular formula is C20H28N4OS. The number of nitrogens with one attached hydrogen (secondary N) is 2. The number of amides is 2. The Kier molecular flexibility index (Phi) is 4.38. The number of carbonyl (C=O) groups is 1. The molecule has 6 heteroatoms. The molecule has 5 nitrogen and oxygen atoms in total. The second kappa shape index (κ2) is 6.73. The lowest BCUT2D eigenvalue weighted by molar-refractivity contribution is 0.257. The van der Waals surface area contributed by atoms with E-state index in [1.165, 1.54) is 73.2 Å². The first-order valence-electron chi connectivity index (χ1n) is 10.0. The molecule has 4 aliphatic rings. The van der Waals surface area contributed by atoms with E-state index < -0.39 is 0 Å². The van der Waals surface area contributed by atoms with E-state index in [-0.39, 0.29) is 6.03 Å². The Morgan fingerprint density at radius 3 is 2.23 bits per heavy atom. The predicted octanol–water partition coefficient (Wildman–Crippen LogP) is 2.84. The van der Waals surface area contributed by atoms with Crippen LogP contribution in [0.4, 0.5) is 10.5 Å². The van der Waals surface area contributed by atoms with Gasteiger partial charge in [0.2, 0.25) is 0 Å². The smallest absolute Gasteiger partial charge is 0.307 e. The minimum Gasteiger partial charge on any atom is -0.307 e. The van der Waals surface area contributed by atoms with Gasteiger partial charge in [0.15, 0.2) is 0 Å². The van der Waals surface area contributed by atoms with Gasteiger partial charge >= 0.3 is 6.03 Å². The molecule has 0 saturated carbocycles. The molecule has 2 amide bonds. The number of anilines is 1. The quantitative estimate of drug-likeness (QED) is 0.801. The summed E-state index contributed by atoms with van der Waals surface area (Å²) in [4.78, 5) is 15.0. The second-order valence-electron chi connectivity index (χ2n) is 8.47. The number of hydrogen-bond donors (Lipinski definition) is 2. The molecule has 0 bridgehead atoms. The molecule has 2 heterocycles. The first-order valence-corrected chi connectivity index (χ1v) is 10.8. The van der Waals surface area contributed by atoms with Crippen molar-refractivity contribution in [2.24, 2.45) is 11.8 Å². The van der Waals surface area contributed by atoms with Gasteiger partial charge in [-0.25, -0.2) is 9.10 Å². The van der Waals surface area contributed by atoms with E-state index in [0.29, 0.717) is 0 Å². The lowest BCUT2D eigenvalue weighted by Crippen LogP contribution is -2.30. The summed E-state index contributed by atoms with van der Waals surface area (Å²) in [6, 6.07) is 2.33. The minimum absolute atomic E-state index is 0.0708. The van der Waals surface area contributed by atoms with Crippen LogP contribution in [0.1, 0.15) is 35.1 Å². The fourth-order valence-electron chi connectivity index (χ4n) is 5.47. The topological polar surface area (TPSA) is 47.6 Å². The summed E-state index contributed by atoms with van der Waals surface area (Å²) in [5, 5.41) is 3.22. The molecule has 5 rings (SSSR count). The van der Waals surface area contributed by atoms with Gasteiger partial charge in [0.1, 0.15) is 0 Å². The van der Waals surface area contributed by atoms with E-state index in [0.717, 1.165) is 43.5 Å². The summed E-state index contributed by atoms with van der Waals surface area (Å²) in [6.07, 6.45) is 6.97. The Balaban J connectivity index is 1.22. The molecule has 26 heavy (non-hydrogen) atoms. The van der Waals surface area contributed by atoms with Gasteiger partial charge in [0.25, 0.3) is 0 Å². The van der Waals surface area contributed by atoms with Gasteiger partial charge in [-0.3, -0.25) is 4.72 Å². The highest BCUT2D eigenvalue weighted by atomic mass is 32.2. The van der Waals surface area contributed by atoms with Crippen LogP contribution in [-0.2, 0) is 25.7 Å². The van der Waals surface area contributed by atoms with Gasteiger partial charge in [0, 0.05) is 44.0 Å². The van der Waals surface area contributed by atoms with Crippen LogP contribution in [-0.4, -0.2) is 48.5 Å². The van der Waals surface area contributed by atoms with Crippen LogP contribution >= 0.6 is 12.1 Å². The monoisotopic (exact) mass is 372 g/mol. The van der Waals surface area contributed by atoms with Gasteiger partial charge in [-0.1, -0.05) is 6.07 Å². The summed E-state index contributed by atoms with van der Waals surface area (Å²) in [6.45, 7) is 4.54. The summed E-state index contributed by atoms with van der Waals surface area (Å²) in [5.41, 5.74) is 6.84. The van der Waals surface area contributed by atoms with Crippen molar-refractivity contribution in [1.82, 2.24) is 13.9 Å². The number of likely N-dealkylation sites (tertiary alicyclic amines) is 1. The number of benzene rings is 1. The Hall–Kier alpha value is -1.24. The normalized spacial score (nSPS) is 27.4. The summed E-state index contributed by atoms with van der Waals surface area (Å²) < 4.78 is 5.36. The zero-order chi connectivity index (χ0) is 17.7. The van der Waals surface area contributed by atoms with Crippen LogP contribution in [0.15, 0.2) is 6.07 Å². The molecule has 140 valence electrons. The van der Waals surface area contributed by atoms with Crippen LogP contribution in [0.5, 0.6) is 0 Å². The number of nitrogens with zero attached hydrogens (tertiary/aromatic N) is 2. The van der Waals surface area contributed by atoms with Gasteiger partial charge < -0.3 is 10.2 Å². The van der Waals surface area contributed by atoms with E-state index in [9.17, 15) is 4.79 Å². The van der Waals surface area contributed by atoms with E-state index >= 15 is 0 Å². The molecule has 2 atom stereocenters. The second-order valence-corrected chi connectivity index (χ2v) is 9.37. The lowest BCUT2D eigenvalue weighted by Gasteiger charge is -2.19. The predicted molar refractivity (Wildman–Crippen MR) is 106 cm³/mol. The fraction of sp³-hybridized carbons (Fsp3) is 0.650. The maximum Gasteiger partial charge on any atom is 0.330 e. The Morgan fingerprint density at radius 2 is 1.62 bits per heavy atom. The van der Waals surface area contributed by atoms with Crippen molar-refractivity contribution in [3.8, 4) is 0 Å². The molecular weight excluding hydrogens is 344 g/mol. The van der Waals surface area contributed by atoms with Crippen molar-refractivity contribution in [3.63, 3.8) is 0 Å². The van der Waals surface area contributed by atoms with Crippen LogP contribution < -0.4 is 10.0 Å². The highest BCUT2D eigenvalue weighted by molar-refractivity contribution is 7.95. The van der Waals surface area contributed by atoms with Crippen molar-refractivity contribution in [2.45, 2.75) is 38.5 Å². The standard InChI is InChI=1S/C20H28N4OS/c1-23-9-15-11-24(12-16(15)10-23)26-22-20(25)21-19-17-6-2-4-13(17)8-14-5-3-7-18(14)19/h8,15-16H,2-7,9-12H2,1H3,(H2,21,22,25). The number of hydrogen-bond acceptors (Lipinski definition) is 4. The Labute approximate surface area is 160 Å². The van der Waals surface area contributed by atoms with Crippen LogP contribution in [0, 0.1) is 11.8 Å². The SMILES string of the molecule is CN1CC2CN(SNC(=O)Nc3c4c(cc5c3CCC5)CCC4)CC2C1. The van der Waals surface area contributed by atoms with Crippen LogP contribution in [0.25, 0.3) is 0 Å². The average molecular weight is 373 g/mol. The summed E-state index contributed by atoms with van der Waals surface area (Å²) >= 11 is 1.49. The average Bonchev–Trinajstić information content (AvgIpc) is 3.35. The lowest BCUT2D eigenvalue weighted by atomic mass is 9.99. The molecule has 2 N–H and O–H groups in total. The van der Waals surface area contributed by atoms with Gasteiger partial charge in [0.05, 0.1) is 0 Å². The van der Waals surface area contributed by atoms with E-state index in [1.54, 1.807) is 0 Å². The first-order chi connectivity index (χ1) is 12.7. The highest BCUT2D eigenvalue weighted by Crippen LogP contribution is 2.38. The number of rotatable bonds is 3. The van der Waals surface area contributed by atoms with E-state index in [2.05, 4.69) is 32.4 Å². The summed E-state index contributed by atoms with van der Waals surface area (Å²) in [5.74, 6) is 1.52. The van der Waals surface area contributed by atoms with Crippen LogP contribution in [0.3, 0.4) is 0 Å². The van der Waals surface area contributed by atoms with Gasteiger partial charge in [-0.2, -0.15) is 0 Å². The largest absolute Gasteiger partial charge is 0.330 e.